The molecule has 6 rings (SSSR count). The lowest BCUT2D eigenvalue weighted by Crippen LogP contribution is -2.52. The first-order valence-electron chi connectivity index (χ1n) is 11.0. The van der Waals surface area contributed by atoms with Gasteiger partial charge in [-0.05, 0) is 23.8 Å². The van der Waals surface area contributed by atoms with Gasteiger partial charge in [0, 0.05) is 64.9 Å². The van der Waals surface area contributed by atoms with E-state index in [0.717, 1.165) is 11.3 Å². The van der Waals surface area contributed by atoms with Crippen molar-refractivity contribution in [1.29, 1.82) is 0 Å². The monoisotopic (exact) mass is 472 g/mol. The first-order valence-corrected chi connectivity index (χ1v) is 12.1. The van der Waals surface area contributed by atoms with E-state index in [1.807, 2.05) is 30.3 Å². The van der Waals surface area contributed by atoms with Crippen molar-refractivity contribution in [3.8, 4) is 0 Å². The Morgan fingerprint density at radius 2 is 2.03 bits per heavy atom. The molecule has 1 aromatic heterocycles. The summed E-state index contributed by atoms with van der Waals surface area (Å²) in [5, 5.41) is 14.6. The molecule has 4 atom stereocenters. The van der Waals surface area contributed by atoms with E-state index < -0.39 is 22.3 Å². The smallest absolute Gasteiger partial charge is 0.269 e. The van der Waals surface area contributed by atoms with Gasteiger partial charge >= 0.3 is 0 Å². The number of para-hydroxylation sites is 1. The molecule has 2 fully saturated rings. The SMILES string of the molecule is O=C(c1cccnc1)[C@@H]1[C@H](c2cccc([N+](=O)[O-])c2)[C@H]2CSCN2[C@]12C(=O)Nc1ccccc12. The van der Waals surface area contributed by atoms with Gasteiger partial charge in [0.25, 0.3) is 5.69 Å². The summed E-state index contributed by atoms with van der Waals surface area (Å²) in [6, 6.07) is 17.3. The molecule has 8 nitrogen and oxygen atoms in total. The van der Waals surface area contributed by atoms with Crippen LogP contribution in [0.2, 0.25) is 0 Å². The molecule has 1 N–H and O–H groups in total. The van der Waals surface area contributed by atoms with Crippen molar-refractivity contribution in [2.45, 2.75) is 17.5 Å². The molecule has 0 unspecified atom stereocenters. The maximum Gasteiger partial charge on any atom is 0.269 e. The first-order chi connectivity index (χ1) is 16.5. The highest BCUT2D eigenvalue weighted by molar-refractivity contribution is 7.99. The Balaban J connectivity index is 1.62. The van der Waals surface area contributed by atoms with E-state index >= 15 is 0 Å². The molecular formula is C25H20N4O4S. The number of nitro benzene ring substituents is 1. The fourth-order valence-electron chi connectivity index (χ4n) is 5.94. The largest absolute Gasteiger partial charge is 0.324 e. The minimum Gasteiger partial charge on any atom is -0.324 e. The Kier molecular flexibility index (Phi) is 4.79. The lowest BCUT2D eigenvalue weighted by molar-refractivity contribution is -0.384. The predicted octanol–water partition coefficient (Wildman–Crippen LogP) is 3.81. The third-order valence-corrected chi connectivity index (χ3v) is 8.26. The quantitative estimate of drug-likeness (QED) is 0.350. The average molecular weight is 473 g/mol. The van der Waals surface area contributed by atoms with Gasteiger partial charge in [-0.3, -0.25) is 29.6 Å². The second-order valence-corrected chi connectivity index (χ2v) is 9.76. The second-order valence-electron chi connectivity index (χ2n) is 8.76. The van der Waals surface area contributed by atoms with E-state index in [1.165, 1.54) is 12.3 Å². The van der Waals surface area contributed by atoms with Crippen LogP contribution < -0.4 is 5.32 Å². The molecule has 2 aromatic carbocycles. The fraction of sp³-hybridized carbons (Fsp3) is 0.240. The molecule has 170 valence electrons. The summed E-state index contributed by atoms with van der Waals surface area (Å²) in [7, 11) is 0. The van der Waals surface area contributed by atoms with E-state index in [2.05, 4.69) is 15.2 Å². The minimum atomic E-state index is -1.20. The van der Waals surface area contributed by atoms with Crippen molar-refractivity contribution < 1.29 is 14.5 Å². The lowest BCUT2D eigenvalue weighted by atomic mass is 9.69. The van der Waals surface area contributed by atoms with Crippen molar-refractivity contribution in [3.63, 3.8) is 0 Å². The number of Topliss-reactive ketones (excluding diaryl/α,β-unsaturated/α-hetero) is 1. The Morgan fingerprint density at radius 3 is 2.82 bits per heavy atom. The van der Waals surface area contributed by atoms with Crippen LogP contribution in [0.4, 0.5) is 11.4 Å². The number of hydrogen-bond acceptors (Lipinski definition) is 7. The zero-order valence-electron chi connectivity index (χ0n) is 18.0. The summed E-state index contributed by atoms with van der Waals surface area (Å²) >= 11 is 1.71. The number of rotatable bonds is 4. The summed E-state index contributed by atoms with van der Waals surface area (Å²) in [5.74, 6) is -0.268. The van der Waals surface area contributed by atoms with Crippen LogP contribution in [-0.4, -0.2) is 44.2 Å². The van der Waals surface area contributed by atoms with Crippen LogP contribution in [0, 0.1) is 16.0 Å². The molecular weight excluding hydrogens is 452 g/mol. The van der Waals surface area contributed by atoms with Crippen molar-refractivity contribution in [2.75, 3.05) is 16.9 Å². The summed E-state index contributed by atoms with van der Waals surface area (Å²) in [5.41, 5.74) is 1.37. The number of fused-ring (bicyclic) bond motifs is 4. The molecule has 3 aliphatic heterocycles. The maximum absolute atomic E-state index is 14.2. The zero-order chi connectivity index (χ0) is 23.4. The number of benzene rings is 2. The van der Waals surface area contributed by atoms with Crippen LogP contribution in [0.1, 0.15) is 27.4 Å². The lowest BCUT2D eigenvalue weighted by Gasteiger charge is -2.36. The van der Waals surface area contributed by atoms with Crippen molar-refractivity contribution in [2.24, 2.45) is 5.92 Å². The van der Waals surface area contributed by atoms with Crippen LogP contribution in [0.5, 0.6) is 0 Å². The number of carbonyl (C=O) groups is 2. The van der Waals surface area contributed by atoms with Crippen molar-refractivity contribution in [3.05, 3.63) is 99.9 Å². The molecule has 4 heterocycles. The molecule has 9 heteroatoms. The van der Waals surface area contributed by atoms with E-state index in [1.54, 1.807) is 42.2 Å². The van der Waals surface area contributed by atoms with E-state index in [4.69, 9.17) is 0 Å². The van der Waals surface area contributed by atoms with E-state index in [0.29, 0.717) is 22.7 Å². The zero-order valence-corrected chi connectivity index (χ0v) is 18.8. The number of non-ortho nitro benzene ring substituents is 1. The van der Waals surface area contributed by atoms with Crippen LogP contribution in [0.25, 0.3) is 0 Å². The molecule has 34 heavy (non-hydrogen) atoms. The Hall–Kier alpha value is -3.56. The van der Waals surface area contributed by atoms with Gasteiger partial charge in [0.15, 0.2) is 5.78 Å². The second kappa shape index (κ2) is 7.75. The highest BCUT2D eigenvalue weighted by atomic mass is 32.2. The van der Waals surface area contributed by atoms with Gasteiger partial charge in [0.05, 0.1) is 10.8 Å². The van der Waals surface area contributed by atoms with Crippen LogP contribution >= 0.6 is 11.8 Å². The number of aromatic nitrogens is 1. The van der Waals surface area contributed by atoms with Crippen molar-refractivity contribution in [1.82, 2.24) is 9.88 Å². The molecule has 1 amide bonds. The Labute approximate surface area is 199 Å². The molecule has 0 radical (unpaired) electrons. The number of ketones is 1. The number of nitrogens with one attached hydrogen (secondary N) is 1. The summed E-state index contributed by atoms with van der Waals surface area (Å²) < 4.78 is 0. The summed E-state index contributed by atoms with van der Waals surface area (Å²) in [6.07, 6.45) is 3.13. The van der Waals surface area contributed by atoms with Gasteiger partial charge in [-0.25, -0.2) is 0 Å². The topological polar surface area (TPSA) is 105 Å². The van der Waals surface area contributed by atoms with Gasteiger partial charge in [0.1, 0.15) is 5.54 Å². The van der Waals surface area contributed by atoms with Crippen LogP contribution in [-0.2, 0) is 10.3 Å². The first kappa shape index (κ1) is 21.0. The third-order valence-electron chi connectivity index (χ3n) is 7.22. The van der Waals surface area contributed by atoms with Gasteiger partial charge in [-0.1, -0.05) is 30.3 Å². The van der Waals surface area contributed by atoms with Gasteiger partial charge < -0.3 is 5.32 Å². The Bertz CT molecular complexity index is 1330. The molecule has 3 aromatic rings. The van der Waals surface area contributed by atoms with E-state index in [9.17, 15) is 19.7 Å². The number of amides is 1. The number of hydrogen-bond donors (Lipinski definition) is 1. The fourth-order valence-corrected chi connectivity index (χ4v) is 7.26. The number of pyridine rings is 1. The number of nitrogens with zero attached hydrogens (tertiary/aromatic N) is 3. The molecule has 2 saturated heterocycles. The molecule has 0 aliphatic carbocycles. The highest BCUT2D eigenvalue weighted by Crippen LogP contribution is 2.61. The number of carbonyl (C=O) groups excluding carboxylic acids is 2. The van der Waals surface area contributed by atoms with Crippen LogP contribution in [0.15, 0.2) is 73.1 Å². The normalized spacial score (nSPS) is 27.4. The van der Waals surface area contributed by atoms with Gasteiger partial charge in [0.2, 0.25) is 5.91 Å². The van der Waals surface area contributed by atoms with Gasteiger partial charge in [-0.2, -0.15) is 0 Å². The minimum absolute atomic E-state index is 0.0282. The standard InChI is InChI=1S/C25H20N4O4S/c30-23(16-6-4-10-26-12-16)22-21(15-5-3-7-17(11-15)29(32)33)20-13-34-14-28(20)25(22)18-8-1-2-9-19(18)27-24(25)31/h1-12,20-22H,13-14H2,(H,27,31)/t20-,21-,22+,25+/m1/s1. The number of thioether (sulfide) groups is 1. The summed E-state index contributed by atoms with van der Waals surface area (Å²) in [6.45, 7) is 0. The molecule has 3 aliphatic rings. The maximum atomic E-state index is 14.2. The molecule has 0 bridgehead atoms. The highest BCUT2D eigenvalue weighted by Gasteiger charge is 2.69. The summed E-state index contributed by atoms with van der Waals surface area (Å²) in [4.78, 5) is 45.5. The van der Waals surface area contributed by atoms with Crippen molar-refractivity contribution >= 4 is 34.8 Å². The van der Waals surface area contributed by atoms with Crippen LogP contribution in [0.3, 0.4) is 0 Å². The number of nitro groups is 1. The molecule has 1 spiro atoms. The number of anilines is 1. The molecule has 0 saturated carbocycles. The third kappa shape index (κ3) is 2.80. The Morgan fingerprint density at radius 1 is 1.18 bits per heavy atom. The average Bonchev–Trinajstić information content (AvgIpc) is 3.52. The van der Waals surface area contributed by atoms with E-state index in [-0.39, 0.29) is 23.4 Å². The van der Waals surface area contributed by atoms with Gasteiger partial charge in [-0.15, -0.1) is 11.8 Å². The predicted molar refractivity (Wildman–Crippen MR) is 128 cm³/mol.